The minimum absolute atomic E-state index is 0. The molecule has 0 aliphatic carbocycles. The quantitative estimate of drug-likeness (QED) is 0.720. The van der Waals surface area contributed by atoms with Gasteiger partial charge in [-0.15, -0.1) is 16.4 Å². The van der Waals surface area contributed by atoms with Crippen molar-refractivity contribution < 1.29 is 21.1 Å². The summed E-state index contributed by atoms with van der Waals surface area (Å²) in [5.41, 5.74) is 0.988. The van der Waals surface area contributed by atoms with Crippen LogP contribution in [0.5, 0.6) is 0 Å². The summed E-state index contributed by atoms with van der Waals surface area (Å²) in [5.74, 6) is 0. The molecule has 0 fully saturated rings. The molecule has 0 unspecified atom stereocenters. The van der Waals surface area contributed by atoms with Crippen molar-refractivity contribution in [3.05, 3.63) is 11.4 Å². The zero-order chi connectivity index (χ0) is 6.27. The smallest absolute Gasteiger partial charge is 0.165 e. The van der Waals surface area contributed by atoms with E-state index in [1.54, 1.807) is 16.1 Å². The number of thiophene rings is 1. The molecule has 0 spiro atoms. The number of hydrogen-bond acceptors (Lipinski definition) is 3. The first-order valence-electron chi connectivity index (χ1n) is 2.61. The van der Waals surface area contributed by atoms with Crippen LogP contribution < -0.4 is 0 Å². The molecule has 0 saturated carbocycles. The molecule has 2 rings (SSSR count). The Morgan fingerprint density at radius 1 is 1.50 bits per heavy atom. The van der Waals surface area contributed by atoms with Gasteiger partial charge >= 0.3 is 0 Å². The Labute approximate surface area is 76.3 Å². The number of nitrogens with zero attached hydrogens (tertiary/aromatic N) is 3. The van der Waals surface area contributed by atoms with E-state index in [-0.39, 0.29) is 21.1 Å². The van der Waals surface area contributed by atoms with Crippen molar-refractivity contribution in [1.82, 2.24) is 15.0 Å². The summed E-state index contributed by atoms with van der Waals surface area (Å²) in [6.07, 6.45) is 0. The molecule has 2 heterocycles. The molecule has 0 atom stereocenters. The van der Waals surface area contributed by atoms with Crippen molar-refractivity contribution in [2.45, 2.75) is 0 Å². The van der Waals surface area contributed by atoms with Crippen LogP contribution in [0.1, 0.15) is 0 Å². The van der Waals surface area contributed by atoms with Gasteiger partial charge in [0.05, 0.1) is 0 Å². The van der Waals surface area contributed by atoms with Crippen LogP contribution in [-0.4, -0.2) is 15.0 Å². The number of hydrogen-bond donors (Lipinski definition) is 0. The molecule has 56 valence electrons. The zero-order valence-corrected chi connectivity index (χ0v) is 8.31. The molecule has 0 bridgehead atoms. The Morgan fingerprint density at radius 3 is 3.00 bits per heavy atom. The fourth-order valence-electron chi connectivity index (χ4n) is 0.755. The minimum atomic E-state index is 0. The van der Waals surface area contributed by atoms with Gasteiger partial charge in [0, 0.05) is 28.1 Å². The van der Waals surface area contributed by atoms with Crippen molar-refractivity contribution in [1.29, 1.82) is 0 Å². The molecule has 0 amide bonds. The van der Waals surface area contributed by atoms with Gasteiger partial charge in [-0.05, 0) is 11.4 Å². The molecule has 2 aromatic heterocycles. The summed E-state index contributed by atoms with van der Waals surface area (Å²) in [6.45, 7) is 0. The van der Waals surface area contributed by atoms with E-state index >= 15 is 0 Å². The first-order chi connectivity index (χ1) is 4.36. The van der Waals surface area contributed by atoms with Gasteiger partial charge in [-0.2, -0.15) is 9.90 Å². The molecule has 0 radical (unpaired) electrons. The minimum Gasteiger partial charge on any atom is -0.186 e. The van der Waals surface area contributed by atoms with Gasteiger partial charge in [-0.1, -0.05) is 0 Å². The van der Waals surface area contributed by atoms with Crippen molar-refractivity contribution in [2.24, 2.45) is 7.05 Å². The Morgan fingerprint density at radius 2 is 2.30 bits per heavy atom. The summed E-state index contributed by atoms with van der Waals surface area (Å²) < 4.78 is 0. The van der Waals surface area contributed by atoms with Crippen molar-refractivity contribution in [2.75, 3.05) is 0 Å². The molecule has 0 aromatic carbocycles. The average Bonchev–Trinajstić information content (AvgIpc) is 2.22. The normalized spacial score (nSPS) is 9.70. The fourth-order valence-corrected chi connectivity index (χ4v) is 1.48. The van der Waals surface area contributed by atoms with E-state index in [0.717, 1.165) is 10.3 Å². The Bertz CT molecular complexity index is 298. The van der Waals surface area contributed by atoms with Crippen molar-refractivity contribution >= 4 is 21.7 Å². The second kappa shape index (κ2) is 2.80. The molecule has 0 aliphatic heterocycles. The predicted octanol–water partition coefficient (Wildman–Crippen LogP) is 1.03. The summed E-state index contributed by atoms with van der Waals surface area (Å²) >= 11 is 1.61. The van der Waals surface area contributed by atoms with Crippen LogP contribution in [0.3, 0.4) is 0 Å². The van der Waals surface area contributed by atoms with Gasteiger partial charge in [0.1, 0.15) is 5.52 Å². The Kier molecular flexibility index (Phi) is 2.21. The van der Waals surface area contributed by atoms with Crippen LogP contribution in [0.15, 0.2) is 11.4 Å². The molecule has 5 heteroatoms. The largest absolute Gasteiger partial charge is 0.186 e. The van der Waals surface area contributed by atoms with Gasteiger partial charge in [0.25, 0.3) is 0 Å². The number of aromatic nitrogens is 3. The SMILES string of the molecule is Cn1nc2ccsc2n1.[Pt]. The molecule has 3 nitrogen and oxygen atoms in total. The number of fused-ring (bicyclic) bond motifs is 1. The van der Waals surface area contributed by atoms with E-state index in [4.69, 9.17) is 0 Å². The third-order valence-electron chi connectivity index (χ3n) is 1.11. The number of aryl methyl sites for hydroxylation is 1. The molecule has 10 heavy (non-hydrogen) atoms. The Hall–Kier alpha value is -0.212. The maximum absolute atomic E-state index is 4.10. The third-order valence-corrected chi connectivity index (χ3v) is 1.90. The second-order valence-corrected chi connectivity index (χ2v) is 2.70. The van der Waals surface area contributed by atoms with E-state index in [9.17, 15) is 0 Å². The monoisotopic (exact) mass is 334 g/mol. The van der Waals surface area contributed by atoms with E-state index in [0.29, 0.717) is 0 Å². The zero-order valence-electron chi connectivity index (χ0n) is 5.22. The first kappa shape index (κ1) is 7.89. The maximum Gasteiger partial charge on any atom is 0.165 e. The molecule has 0 N–H and O–H groups in total. The first-order valence-corrected chi connectivity index (χ1v) is 3.49. The van der Waals surface area contributed by atoms with Crippen LogP contribution in [-0.2, 0) is 28.1 Å². The summed E-state index contributed by atoms with van der Waals surface area (Å²) in [7, 11) is 1.83. The van der Waals surface area contributed by atoms with Crippen molar-refractivity contribution in [3.63, 3.8) is 0 Å². The number of rotatable bonds is 0. The predicted molar refractivity (Wildman–Crippen MR) is 36.4 cm³/mol. The molecule has 0 saturated heterocycles. The second-order valence-electron chi connectivity index (χ2n) is 1.80. The van der Waals surface area contributed by atoms with Crippen molar-refractivity contribution in [3.8, 4) is 0 Å². The standard InChI is InChI=1S/C5H5N3S.Pt/c1-8-6-4-2-3-9-5(4)7-8;/h2-3H,1H3;. The topological polar surface area (TPSA) is 30.7 Å². The molecule has 2 aromatic rings. The summed E-state index contributed by atoms with van der Waals surface area (Å²) in [5, 5.41) is 10.2. The maximum atomic E-state index is 4.10. The van der Waals surface area contributed by atoms with Crippen LogP contribution >= 0.6 is 11.3 Å². The van der Waals surface area contributed by atoms with Gasteiger partial charge in [-0.3, -0.25) is 0 Å². The summed E-state index contributed by atoms with van der Waals surface area (Å²) in [4.78, 5) is 2.60. The van der Waals surface area contributed by atoms with Gasteiger partial charge < -0.3 is 0 Å². The molecule has 0 aliphatic rings. The Balaban J connectivity index is 0.000000500. The van der Waals surface area contributed by atoms with Crippen LogP contribution in [0.25, 0.3) is 10.3 Å². The molecular weight excluding hydrogens is 329 g/mol. The average molecular weight is 334 g/mol. The van der Waals surface area contributed by atoms with E-state index in [1.165, 1.54) is 0 Å². The van der Waals surface area contributed by atoms with Crippen LogP contribution in [0.4, 0.5) is 0 Å². The van der Waals surface area contributed by atoms with Gasteiger partial charge in [0.2, 0.25) is 0 Å². The van der Waals surface area contributed by atoms with Crippen LogP contribution in [0.2, 0.25) is 0 Å². The fraction of sp³-hybridized carbons (Fsp3) is 0.200. The molecular formula is C5H5N3PtS. The summed E-state index contributed by atoms with van der Waals surface area (Å²) in [6, 6.07) is 1.97. The van der Waals surface area contributed by atoms with Gasteiger partial charge in [-0.25, -0.2) is 0 Å². The van der Waals surface area contributed by atoms with Crippen LogP contribution in [0, 0.1) is 0 Å². The third kappa shape index (κ3) is 1.13. The van der Waals surface area contributed by atoms with Gasteiger partial charge in [0.15, 0.2) is 4.83 Å². The van der Waals surface area contributed by atoms with E-state index < -0.39 is 0 Å². The van der Waals surface area contributed by atoms with E-state index in [2.05, 4.69) is 10.2 Å². The van der Waals surface area contributed by atoms with E-state index in [1.807, 2.05) is 18.5 Å².